The molecular formula is C60H62N4O. The zero-order chi connectivity index (χ0) is 44.0. The first-order chi connectivity index (χ1) is 32.2. The van der Waals surface area contributed by atoms with Gasteiger partial charge in [-0.25, -0.2) is 9.97 Å². The van der Waals surface area contributed by atoms with Crippen LogP contribution in [0.25, 0.3) is 90.9 Å². The van der Waals surface area contributed by atoms with E-state index in [4.69, 9.17) is 14.7 Å². The van der Waals surface area contributed by atoms with Crippen molar-refractivity contribution in [3.63, 3.8) is 0 Å². The minimum atomic E-state index is 0.737. The molecule has 328 valence electrons. The molecule has 0 saturated heterocycles. The van der Waals surface area contributed by atoms with Crippen LogP contribution in [0.3, 0.4) is 0 Å². The molecule has 2 N–H and O–H groups in total. The summed E-state index contributed by atoms with van der Waals surface area (Å²) in [4.78, 5) is 18.6. The van der Waals surface area contributed by atoms with Crippen LogP contribution in [0.2, 0.25) is 0 Å². The molecule has 0 spiro atoms. The summed E-state index contributed by atoms with van der Waals surface area (Å²) in [6, 6.07) is 49.0. The summed E-state index contributed by atoms with van der Waals surface area (Å²) in [6.07, 6.45) is 27.5. The smallest absolute Gasteiger partial charge is 0.119 e. The van der Waals surface area contributed by atoms with E-state index in [1.807, 2.05) is 0 Å². The van der Waals surface area contributed by atoms with Crippen molar-refractivity contribution in [3.05, 3.63) is 162 Å². The number of nitrogens with one attached hydrogen (secondary N) is 2. The summed E-state index contributed by atoms with van der Waals surface area (Å²) in [5, 5.41) is 0. The van der Waals surface area contributed by atoms with Crippen LogP contribution in [0.4, 0.5) is 0 Å². The highest BCUT2D eigenvalue weighted by molar-refractivity contribution is 5.99. The quantitative estimate of drug-likeness (QED) is 0.0751. The monoisotopic (exact) mass is 854 g/mol. The summed E-state index contributed by atoms with van der Waals surface area (Å²) in [6.45, 7) is 3.03. The molecule has 2 aliphatic rings. The number of nitrogens with zero attached hydrogens (tertiary/aromatic N) is 2. The van der Waals surface area contributed by atoms with E-state index in [1.165, 1.54) is 83.5 Å². The molecule has 4 aromatic carbocycles. The van der Waals surface area contributed by atoms with Crippen molar-refractivity contribution >= 4 is 46.4 Å². The second-order valence-electron chi connectivity index (χ2n) is 17.6. The lowest BCUT2D eigenvalue weighted by atomic mass is 10.0. The maximum atomic E-state index is 6.31. The number of H-pyrrole nitrogens is 2. The van der Waals surface area contributed by atoms with E-state index in [0.717, 1.165) is 108 Å². The predicted molar refractivity (Wildman–Crippen MR) is 276 cm³/mol. The normalized spacial score (nSPS) is 12.0. The fraction of sp³-hybridized carbons (Fsp3) is 0.267. The molecule has 5 heterocycles. The number of aromatic nitrogens is 4. The van der Waals surface area contributed by atoms with Gasteiger partial charge in [0.25, 0.3) is 0 Å². The first-order valence-electron chi connectivity index (χ1n) is 24.3. The lowest BCUT2D eigenvalue weighted by Gasteiger charge is -2.09. The van der Waals surface area contributed by atoms with Crippen molar-refractivity contribution in [3.8, 4) is 50.3 Å². The molecule has 0 amide bonds. The molecule has 5 nitrogen and oxygen atoms in total. The third-order valence-electron chi connectivity index (χ3n) is 12.9. The van der Waals surface area contributed by atoms with Crippen LogP contribution in [0.15, 0.2) is 140 Å². The number of benzene rings is 4. The van der Waals surface area contributed by atoms with Crippen molar-refractivity contribution in [2.24, 2.45) is 0 Å². The van der Waals surface area contributed by atoms with E-state index in [0.29, 0.717) is 0 Å². The number of unbranched alkanes of at least 4 members (excludes halogenated alkanes) is 13. The Morgan fingerprint density at radius 2 is 0.646 bits per heavy atom. The van der Waals surface area contributed by atoms with Crippen molar-refractivity contribution in [1.82, 2.24) is 19.9 Å². The maximum Gasteiger partial charge on any atom is 0.119 e. The van der Waals surface area contributed by atoms with Crippen molar-refractivity contribution in [2.45, 2.75) is 96.8 Å². The van der Waals surface area contributed by atoms with Crippen LogP contribution in [0, 0.1) is 0 Å². The number of fused-ring (bicyclic) bond motifs is 8. The van der Waals surface area contributed by atoms with Gasteiger partial charge in [-0.15, -0.1) is 0 Å². The van der Waals surface area contributed by atoms with Gasteiger partial charge in [-0.1, -0.05) is 194 Å². The minimum absolute atomic E-state index is 0.737. The fourth-order valence-electron chi connectivity index (χ4n) is 9.44. The largest absolute Gasteiger partial charge is 0.494 e. The van der Waals surface area contributed by atoms with Gasteiger partial charge in [-0.05, 0) is 89.4 Å². The number of rotatable bonds is 20. The highest BCUT2D eigenvalue weighted by Crippen LogP contribution is 2.38. The fourth-order valence-corrected chi connectivity index (χ4v) is 9.44. The van der Waals surface area contributed by atoms with Crippen molar-refractivity contribution < 1.29 is 4.74 Å². The number of hydrogen-bond acceptors (Lipinski definition) is 3. The highest BCUT2D eigenvalue weighted by Gasteiger charge is 2.19. The molecule has 65 heavy (non-hydrogen) atoms. The molecule has 0 fully saturated rings. The second kappa shape index (κ2) is 21.8. The van der Waals surface area contributed by atoms with Crippen molar-refractivity contribution in [2.75, 3.05) is 6.61 Å². The lowest BCUT2D eigenvalue weighted by Crippen LogP contribution is -1.97. The molecule has 5 heteroatoms. The SMILES string of the molecule is CCCCCCCCCCCCCCCCOc1ccc(-c2c3nc(c(-c4ccccc4)c4ccc([nH]4)c(-c4ccccc4)c4nc(c(-c5ccccc5)c5ccc2[nH]5)C=C4)C=C3)cc1. The van der Waals surface area contributed by atoms with E-state index >= 15 is 0 Å². The zero-order valence-electron chi connectivity index (χ0n) is 38.0. The van der Waals surface area contributed by atoms with Gasteiger partial charge in [0.2, 0.25) is 0 Å². The Kier molecular flexibility index (Phi) is 14.6. The summed E-state index contributed by atoms with van der Waals surface area (Å²) in [5.74, 6) is 0.896. The second-order valence-corrected chi connectivity index (χ2v) is 17.6. The van der Waals surface area contributed by atoms with Gasteiger partial charge >= 0.3 is 0 Å². The van der Waals surface area contributed by atoms with E-state index in [2.05, 4.69) is 181 Å². The summed E-state index contributed by atoms with van der Waals surface area (Å²) < 4.78 is 6.31. The molecule has 0 saturated carbocycles. The molecule has 7 aromatic rings. The predicted octanol–water partition coefficient (Wildman–Crippen LogP) is 17.2. The number of ether oxygens (including phenoxy) is 1. The summed E-state index contributed by atoms with van der Waals surface area (Å²) in [5.41, 5.74) is 16.0. The molecular weight excluding hydrogens is 793 g/mol. The average Bonchev–Trinajstić information content (AvgIpc) is 4.20. The average molecular weight is 855 g/mol. The van der Waals surface area contributed by atoms with Gasteiger partial charge in [-0.2, -0.15) is 0 Å². The molecule has 8 bridgehead atoms. The van der Waals surface area contributed by atoms with Crippen LogP contribution in [-0.4, -0.2) is 26.5 Å². The molecule has 3 aromatic heterocycles. The standard InChI is InChI=1S/C60H62N4O/c1-2-3-4-5-6-7-8-9-10-11-12-13-14-24-43-65-48-33-31-47(32-34-48)60-55-41-39-53(63-55)58(45-27-20-16-21-28-45)51-37-35-49(61-51)57(44-25-18-15-19-26-44)50-36-38-52(62-50)59(46-29-22-17-23-30-46)54-40-42-56(60)64-54/h15-23,25-42,61,64H,2-14,24,43H2,1H3. The first-order valence-corrected chi connectivity index (χ1v) is 24.3. The molecule has 9 rings (SSSR count). The van der Waals surface area contributed by atoms with Gasteiger partial charge in [0, 0.05) is 44.3 Å². The van der Waals surface area contributed by atoms with Gasteiger partial charge in [0.1, 0.15) is 5.75 Å². The Morgan fingerprint density at radius 1 is 0.338 bits per heavy atom. The van der Waals surface area contributed by atoms with Gasteiger partial charge < -0.3 is 14.7 Å². The lowest BCUT2D eigenvalue weighted by molar-refractivity contribution is 0.304. The van der Waals surface area contributed by atoms with E-state index < -0.39 is 0 Å². The van der Waals surface area contributed by atoms with E-state index in [1.54, 1.807) is 0 Å². The van der Waals surface area contributed by atoms with Crippen LogP contribution in [-0.2, 0) is 0 Å². The molecule has 2 aliphatic heterocycles. The Hall–Kier alpha value is -6.72. The molecule has 0 unspecified atom stereocenters. The Bertz CT molecular complexity index is 2830. The van der Waals surface area contributed by atoms with E-state index in [-0.39, 0.29) is 0 Å². The minimum Gasteiger partial charge on any atom is -0.494 e. The molecule has 0 radical (unpaired) electrons. The summed E-state index contributed by atoms with van der Waals surface area (Å²) in [7, 11) is 0. The van der Waals surface area contributed by atoms with Crippen molar-refractivity contribution in [1.29, 1.82) is 0 Å². The van der Waals surface area contributed by atoms with Gasteiger partial charge in [0.15, 0.2) is 0 Å². The van der Waals surface area contributed by atoms with Crippen LogP contribution < -0.4 is 4.74 Å². The van der Waals surface area contributed by atoms with E-state index in [9.17, 15) is 0 Å². The maximum absolute atomic E-state index is 6.31. The third-order valence-corrected chi connectivity index (χ3v) is 12.9. The van der Waals surface area contributed by atoms with Gasteiger partial charge in [-0.3, -0.25) is 0 Å². The van der Waals surface area contributed by atoms with Crippen LogP contribution in [0.1, 0.15) is 120 Å². The highest BCUT2D eigenvalue weighted by atomic mass is 16.5. The van der Waals surface area contributed by atoms with Crippen LogP contribution in [0.5, 0.6) is 5.75 Å². The Morgan fingerprint density at radius 3 is 0.985 bits per heavy atom. The number of hydrogen-bond donors (Lipinski definition) is 2. The zero-order valence-corrected chi connectivity index (χ0v) is 38.0. The topological polar surface area (TPSA) is 66.6 Å². The van der Waals surface area contributed by atoms with Gasteiger partial charge in [0.05, 0.1) is 29.4 Å². The molecule has 0 aliphatic carbocycles. The Balaban J connectivity index is 1.04. The third kappa shape index (κ3) is 10.6. The van der Waals surface area contributed by atoms with Crippen LogP contribution >= 0.6 is 0 Å². The summed E-state index contributed by atoms with van der Waals surface area (Å²) >= 11 is 0. The molecule has 0 atom stereocenters. The first kappa shape index (κ1) is 43.5. The number of aromatic amines is 2. The Labute approximate surface area is 385 Å².